The van der Waals surface area contributed by atoms with E-state index in [0.29, 0.717) is 6.04 Å². The monoisotopic (exact) mass is 265 g/mol. The normalized spacial score (nSPS) is 18.0. The number of rotatable bonds is 6. The van der Waals surface area contributed by atoms with Crippen LogP contribution in [0.1, 0.15) is 26.2 Å². The van der Waals surface area contributed by atoms with Gasteiger partial charge in [0.15, 0.2) is 0 Å². The van der Waals surface area contributed by atoms with Crippen molar-refractivity contribution in [1.82, 2.24) is 9.97 Å². The van der Waals surface area contributed by atoms with Crippen LogP contribution in [0.5, 0.6) is 0 Å². The lowest BCUT2D eigenvalue weighted by Crippen LogP contribution is -2.28. The minimum absolute atomic E-state index is 0.203. The number of nitrogens with one attached hydrogen (secondary N) is 2. The Morgan fingerprint density at radius 2 is 2.11 bits per heavy atom. The fourth-order valence-corrected chi connectivity index (χ4v) is 2.01. The molecule has 2 heterocycles. The Hall–Kier alpha value is -1.40. The van der Waals surface area contributed by atoms with Gasteiger partial charge in [0.25, 0.3) is 0 Å². The van der Waals surface area contributed by atoms with Crippen LogP contribution in [0, 0.1) is 0 Å². The van der Waals surface area contributed by atoms with Crippen LogP contribution in [0.4, 0.5) is 11.6 Å². The highest BCUT2D eigenvalue weighted by atomic mass is 16.5. The first-order valence-electron chi connectivity index (χ1n) is 6.90. The summed E-state index contributed by atoms with van der Waals surface area (Å²) in [6.45, 7) is 4.47. The van der Waals surface area contributed by atoms with Crippen LogP contribution in [0.15, 0.2) is 12.4 Å². The van der Waals surface area contributed by atoms with Gasteiger partial charge in [-0.3, -0.25) is 0 Å². The number of ether oxygens (including phenoxy) is 1. The molecule has 1 aliphatic heterocycles. The predicted octanol–water partition coefficient (Wildman–Crippen LogP) is 1.22. The summed E-state index contributed by atoms with van der Waals surface area (Å²) in [6.07, 6.45) is 4.55. The van der Waals surface area contributed by atoms with Crippen LogP contribution < -0.4 is 16.4 Å². The van der Waals surface area contributed by atoms with Crippen molar-refractivity contribution in [2.24, 2.45) is 5.73 Å². The summed E-state index contributed by atoms with van der Waals surface area (Å²) in [5.74, 6) is 1.70. The van der Waals surface area contributed by atoms with Gasteiger partial charge in [0, 0.05) is 37.9 Å². The summed E-state index contributed by atoms with van der Waals surface area (Å²) in [4.78, 5) is 8.45. The van der Waals surface area contributed by atoms with E-state index in [1.165, 1.54) is 0 Å². The van der Waals surface area contributed by atoms with Crippen LogP contribution in [0.25, 0.3) is 0 Å². The lowest BCUT2D eigenvalue weighted by molar-refractivity contribution is 0.0904. The predicted molar refractivity (Wildman–Crippen MR) is 76.3 cm³/mol. The topological polar surface area (TPSA) is 85.1 Å². The van der Waals surface area contributed by atoms with Gasteiger partial charge in [-0.2, -0.15) is 0 Å². The highest BCUT2D eigenvalue weighted by Crippen LogP contribution is 2.15. The van der Waals surface area contributed by atoms with Crippen LogP contribution in [0.2, 0.25) is 0 Å². The third kappa shape index (κ3) is 5.00. The lowest BCUT2D eigenvalue weighted by atomic mass is 10.1. The molecule has 1 atom stereocenters. The number of hydrogen-bond donors (Lipinski definition) is 3. The second-order valence-corrected chi connectivity index (χ2v) is 5.01. The molecule has 4 N–H and O–H groups in total. The Labute approximate surface area is 114 Å². The third-order valence-corrected chi connectivity index (χ3v) is 3.15. The number of hydrogen-bond acceptors (Lipinski definition) is 6. The fourth-order valence-electron chi connectivity index (χ4n) is 2.01. The molecule has 6 nitrogen and oxygen atoms in total. The van der Waals surface area contributed by atoms with Gasteiger partial charge in [-0.1, -0.05) is 0 Å². The second-order valence-electron chi connectivity index (χ2n) is 5.01. The molecule has 1 fully saturated rings. The summed E-state index contributed by atoms with van der Waals surface area (Å²) in [6, 6.07) is 2.59. The van der Waals surface area contributed by atoms with Gasteiger partial charge >= 0.3 is 0 Å². The molecule has 0 radical (unpaired) electrons. The molecule has 0 saturated carbocycles. The van der Waals surface area contributed by atoms with E-state index in [1.54, 1.807) is 6.33 Å². The van der Waals surface area contributed by atoms with Gasteiger partial charge in [0.2, 0.25) is 0 Å². The molecule has 1 aliphatic rings. The number of anilines is 2. The molecule has 0 aliphatic carbocycles. The maximum absolute atomic E-state index is 5.71. The Morgan fingerprint density at radius 3 is 2.84 bits per heavy atom. The molecule has 0 bridgehead atoms. The first kappa shape index (κ1) is 14.0. The van der Waals surface area contributed by atoms with E-state index >= 15 is 0 Å². The van der Waals surface area contributed by atoms with Gasteiger partial charge in [0.1, 0.15) is 18.0 Å². The molecule has 19 heavy (non-hydrogen) atoms. The second kappa shape index (κ2) is 7.25. The van der Waals surface area contributed by atoms with Crippen molar-refractivity contribution in [3.8, 4) is 0 Å². The maximum atomic E-state index is 5.71. The van der Waals surface area contributed by atoms with E-state index in [0.717, 1.165) is 50.7 Å². The smallest absolute Gasteiger partial charge is 0.131 e. The van der Waals surface area contributed by atoms with E-state index in [9.17, 15) is 0 Å². The molecule has 1 aromatic rings. The Bertz CT molecular complexity index is 379. The van der Waals surface area contributed by atoms with Crippen molar-refractivity contribution >= 4 is 11.6 Å². The highest BCUT2D eigenvalue weighted by molar-refractivity contribution is 5.46. The van der Waals surface area contributed by atoms with Crippen molar-refractivity contribution in [3.05, 3.63) is 12.4 Å². The first-order chi connectivity index (χ1) is 9.24. The summed E-state index contributed by atoms with van der Waals surface area (Å²) in [5.41, 5.74) is 5.71. The van der Waals surface area contributed by atoms with E-state index < -0.39 is 0 Å². The molecule has 0 aromatic carbocycles. The zero-order valence-electron chi connectivity index (χ0n) is 11.4. The van der Waals surface area contributed by atoms with Crippen molar-refractivity contribution < 1.29 is 4.74 Å². The largest absolute Gasteiger partial charge is 0.381 e. The number of nitrogens with two attached hydrogens (primary N) is 1. The lowest BCUT2D eigenvalue weighted by Gasteiger charge is -2.23. The van der Waals surface area contributed by atoms with Crippen LogP contribution in [0.3, 0.4) is 0 Å². The molecular formula is C13H23N5O. The highest BCUT2D eigenvalue weighted by Gasteiger charge is 2.13. The number of aromatic nitrogens is 2. The van der Waals surface area contributed by atoms with Gasteiger partial charge in [0.05, 0.1) is 0 Å². The van der Waals surface area contributed by atoms with Gasteiger partial charge in [-0.25, -0.2) is 9.97 Å². The maximum Gasteiger partial charge on any atom is 0.131 e. The van der Waals surface area contributed by atoms with Crippen molar-refractivity contribution in [1.29, 1.82) is 0 Å². The Morgan fingerprint density at radius 1 is 1.37 bits per heavy atom. The zero-order valence-corrected chi connectivity index (χ0v) is 11.4. The molecule has 2 rings (SSSR count). The minimum Gasteiger partial charge on any atom is -0.381 e. The number of nitrogens with zero attached hydrogens (tertiary/aromatic N) is 2. The average molecular weight is 265 g/mol. The van der Waals surface area contributed by atoms with Crippen molar-refractivity contribution in [2.75, 3.05) is 30.4 Å². The molecule has 1 saturated heterocycles. The Kier molecular flexibility index (Phi) is 5.35. The minimum atomic E-state index is 0.203. The quantitative estimate of drug-likeness (QED) is 0.717. The van der Waals surface area contributed by atoms with Gasteiger partial charge in [-0.05, 0) is 26.2 Å². The molecule has 6 heteroatoms. The Balaban J connectivity index is 1.83. The fraction of sp³-hybridized carbons (Fsp3) is 0.692. The van der Waals surface area contributed by atoms with Crippen molar-refractivity contribution in [3.63, 3.8) is 0 Å². The van der Waals surface area contributed by atoms with E-state index in [2.05, 4.69) is 20.6 Å². The van der Waals surface area contributed by atoms with E-state index in [4.69, 9.17) is 10.5 Å². The summed E-state index contributed by atoms with van der Waals surface area (Å²) in [5, 5.41) is 6.68. The third-order valence-electron chi connectivity index (χ3n) is 3.15. The van der Waals surface area contributed by atoms with Gasteiger partial charge < -0.3 is 21.1 Å². The van der Waals surface area contributed by atoms with E-state index in [-0.39, 0.29) is 6.04 Å². The summed E-state index contributed by atoms with van der Waals surface area (Å²) < 4.78 is 5.34. The molecular weight excluding hydrogens is 242 g/mol. The average Bonchev–Trinajstić information content (AvgIpc) is 2.40. The standard InChI is InChI=1S/C13H23N5O/c1-10(14)2-5-15-12-8-13(17-9-16-12)18-11-3-6-19-7-4-11/h8-11H,2-7,14H2,1H3,(H2,15,16,17,18). The van der Waals surface area contributed by atoms with Gasteiger partial charge in [-0.15, -0.1) is 0 Å². The molecule has 0 amide bonds. The zero-order chi connectivity index (χ0) is 13.5. The van der Waals surface area contributed by atoms with Crippen LogP contribution >= 0.6 is 0 Å². The molecule has 1 aromatic heterocycles. The first-order valence-corrected chi connectivity index (χ1v) is 6.90. The van der Waals surface area contributed by atoms with Crippen LogP contribution in [-0.2, 0) is 4.74 Å². The molecule has 106 valence electrons. The molecule has 1 unspecified atom stereocenters. The van der Waals surface area contributed by atoms with Crippen molar-refractivity contribution in [2.45, 2.75) is 38.3 Å². The summed E-state index contributed by atoms with van der Waals surface area (Å²) in [7, 11) is 0. The van der Waals surface area contributed by atoms with E-state index in [1.807, 2.05) is 13.0 Å². The molecule has 0 spiro atoms. The SMILES string of the molecule is CC(N)CCNc1cc(NC2CCOCC2)ncn1. The van der Waals surface area contributed by atoms with Crippen LogP contribution in [-0.4, -0.2) is 41.8 Å². The summed E-state index contributed by atoms with van der Waals surface area (Å²) >= 11 is 0.